The summed E-state index contributed by atoms with van der Waals surface area (Å²) < 4.78 is 22.4. The smallest absolute Gasteiger partial charge is 0.239 e. The first kappa shape index (κ1) is 18.4. The first-order valence-electron chi connectivity index (χ1n) is 5.94. The van der Waals surface area contributed by atoms with E-state index in [1.165, 1.54) is 25.1 Å². The highest BCUT2D eigenvalue weighted by atomic mass is 35.5. The van der Waals surface area contributed by atoms with Gasteiger partial charge in [0.05, 0.1) is 11.1 Å². The van der Waals surface area contributed by atoms with Crippen molar-refractivity contribution in [1.29, 1.82) is 0 Å². The largest absolute Gasteiger partial charge is 0.390 e. The van der Waals surface area contributed by atoms with E-state index in [-0.39, 0.29) is 27.0 Å². The van der Waals surface area contributed by atoms with Crippen LogP contribution in [0.3, 0.4) is 0 Å². The van der Waals surface area contributed by atoms with Crippen LogP contribution in [0.5, 0.6) is 0 Å². The fourth-order valence-electron chi connectivity index (χ4n) is 1.64. The number of nitrogens with two attached hydrogens (primary N) is 1. The van der Waals surface area contributed by atoms with Crippen molar-refractivity contribution >= 4 is 38.5 Å². The van der Waals surface area contributed by atoms with E-state index in [0.717, 1.165) is 11.8 Å². The number of benzene rings is 1. The van der Waals surface area contributed by atoms with Crippen LogP contribution >= 0.6 is 23.4 Å². The van der Waals surface area contributed by atoms with Gasteiger partial charge in [0.2, 0.25) is 10.0 Å². The Labute approximate surface area is 132 Å². The van der Waals surface area contributed by atoms with Gasteiger partial charge in [-0.3, -0.25) is 4.79 Å². The number of carbonyl (C=O) groups is 1. The molecule has 0 bridgehead atoms. The van der Waals surface area contributed by atoms with E-state index in [1.807, 2.05) is 0 Å². The molecule has 2 unspecified atom stereocenters. The van der Waals surface area contributed by atoms with E-state index in [0.29, 0.717) is 5.75 Å². The molecular formula is C12H16ClNO5S2. The Morgan fingerprint density at radius 1 is 1.43 bits per heavy atom. The van der Waals surface area contributed by atoms with Crippen LogP contribution in [0.25, 0.3) is 0 Å². The predicted molar refractivity (Wildman–Crippen MR) is 81.5 cm³/mol. The molecule has 9 heteroatoms. The van der Waals surface area contributed by atoms with Gasteiger partial charge in [0.1, 0.15) is 11.0 Å². The first-order valence-corrected chi connectivity index (χ1v) is 8.85. The Kier molecular flexibility index (Phi) is 6.64. The highest BCUT2D eigenvalue weighted by molar-refractivity contribution is 8.13. The number of hydrogen-bond donors (Lipinski definition) is 3. The van der Waals surface area contributed by atoms with Crippen molar-refractivity contribution in [2.45, 2.75) is 30.4 Å². The summed E-state index contributed by atoms with van der Waals surface area (Å²) in [6.45, 7) is 1.42. The molecule has 0 aliphatic rings. The number of thioether (sulfide) groups is 1. The Morgan fingerprint density at radius 3 is 2.52 bits per heavy atom. The Bertz CT molecular complexity index is 620. The molecule has 0 spiro atoms. The second kappa shape index (κ2) is 7.57. The van der Waals surface area contributed by atoms with E-state index in [4.69, 9.17) is 16.7 Å². The molecule has 0 saturated carbocycles. The van der Waals surface area contributed by atoms with Gasteiger partial charge in [0.15, 0.2) is 5.12 Å². The van der Waals surface area contributed by atoms with Crippen LogP contribution in [-0.4, -0.2) is 35.6 Å². The third-order valence-corrected chi connectivity index (χ3v) is 4.93. The maximum absolute atomic E-state index is 11.2. The lowest BCUT2D eigenvalue weighted by Crippen LogP contribution is -2.20. The summed E-state index contributed by atoms with van der Waals surface area (Å²) in [5.41, 5.74) is 0.271. The molecule has 0 amide bonds. The lowest BCUT2D eigenvalue weighted by atomic mass is 10.0. The van der Waals surface area contributed by atoms with Gasteiger partial charge in [-0.05, 0) is 24.1 Å². The number of rotatable bonds is 6. The van der Waals surface area contributed by atoms with Crippen molar-refractivity contribution < 1.29 is 23.4 Å². The lowest BCUT2D eigenvalue weighted by Gasteiger charge is -2.18. The van der Waals surface area contributed by atoms with Crippen LogP contribution in [-0.2, 0) is 14.8 Å². The highest BCUT2D eigenvalue weighted by Gasteiger charge is 2.21. The summed E-state index contributed by atoms with van der Waals surface area (Å²) in [6, 6.07) is 3.75. The van der Waals surface area contributed by atoms with E-state index < -0.39 is 22.2 Å². The lowest BCUT2D eigenvalue weighted by molar-refractivity contribution is -0.109. The standard InChI is InChI=1S/C12H16ClNO5S2/c1-7(15)20-5-4-10(16)12(17)8-2-3-11(9(13)6-8)21(14,18)19/h2-3,6,10,12,16-17H,4-5H2,1H3,(H2,14,18,19). The van der Waals surface area contributed by atoms with Crippen LogP contribution in [0, 0.1) is 0 Å². The van der Waals surface area contributed by atoms with Crippen molar-refractivity contribution in [3.8, 4) is 0 Å². The first-order chi connectivity index (χ1) is 9.62. The van der Waals surface area contributed by atoms with Crippen molar-refractivity contribution in [2.75, 3.05) is 5.75 Å². The topological polar surface area (TPSA) is 118 Å². The molecule has 0 saturated heterocycles. The number of sulfonamides is 1. The normalized spacial score (nSPS) is 14.7. The molecule has 118 valence electrons. The summed E-state index contributed by atoms with van der Waals surface area (Å²) in [4.78, 5) is 10.5. The molecule has 0 aliphatic heterocycles. The monoisotopic (exact) mass is 353 g/mol. The molecule has 0 heterocycles. The van der Waals surface area contributed by atoms with E-state index >= 15 is 0 Å². The Hall–Kier alpha value is -0.640. The van der Waals surface area contributed by atoms with Crippen LogP contribution in [0.4, 0.5) is 0 Å². The number of hydrogen-bond acceptors (Lipinski definition) is 6. The average molecular weight is 354 g/mol. The second-order valence-corrected chi connectivity index (χ2v) is 7.58. The fraction of sp³-hybridized carbons (Fsp3) is 0.417. The molecule has 6 nitrogen and oxygen atoms in total. The van der Waals surface area contributed by atoms with Gasteiger partial charge < -0.3 is 10.2 Å². The zero-order chi connectivity index (χ0) is 16.2. The van der Waals surface area contributed by atoms with Crippen molar-refractivity contribution in [1.82, 2.24) is 0 Å². The van der Waals surface area contributed by atoms with E-state index in [2.05, 4.69) is 0 Å². The van der Waals surface area contributed by atoms with Crippen molar-refractivity contribution in [3.63, 3.8) is 0 Å². The minimum Gasteiger partial charge on any atom is -0.390 e. The molecule has 2 atom stereocenters. The maximum atomic E-state index is 11.2. The van der Waals surface area contributed by atoms with Gasteiger partial charge in [-0.1, -0.05) is 29.4 Å². The average Bonchev–Trinajstić information content (AvgIpc) is 2.35. The van der Waals surface area contributed by atoms with Gasteiger partial charge >= 0.3 is 0 Å². The fourth-order valence-corrected chi connectivity index (χ4v) is 3.38. The Morgan fingerprint density at radius 2 is 2.05 bits per heavy atom. The summed E-state index contributed by atoms with van der Waals surface area (Å²) in [5, 5.41) is 24.6. The van der Waals surface area contributed by atoms with Crippen LogP contribution in [0.15, 0.2) is 23.1 Å². The Balaban J connectivity index is 2.81. The third kappa shape index (κ3) is 5.57. The minimum atomic E-state index is -3.94. The minimum absolute atomic E-state index is 0.0720. The van der Waals surface area contributed by atoms with Crippen LogP contribution < -0.4 is 5.14 Å². The van der Waals surface area contributed by atoms with Gasteiger partial charge in [-0.25, -0.2) is 13.6 Å². The van der Waals surface area contributed by atoms with Gasteiger partial charge in [-0.2, -0.15) is 0 Å². The van der Waals surface area contributed by atoms with Crippen LogP contribution in [0.2, 0.25) is 5.02 Å². The molecule has 0 fully saturated rings. The molecule has 1 aromatic carbocycles. The molecule has 21 heavy (non-hydrogen) atoms. The molecule has 1 aromatic rings. The zero-order valence-corrected chi connectivity index (χ0v) is 13.6. The number of halogens is 1. The molecule has 0 radical (unpaired) electrons. The summed E-state index contributed by atoms with van der Waals surface area (Å²) in [6.07, 6.45) is -2.11. The van der Waals surface area contributed by atoms with Gasteiger partial charge in [0, 0.05) is 12.7 Å². The van der Waals surface area contributed by atoms with Crippen molar-refractivity contribution in [2.24, 2.45) is 5.14 Å². The van der Waals surface area contributed by atoms with Gasteiger partial charge in [0.25, 0.3) is 0 Å². The molecule has 0 aromatic heterocycles. The molecule has 1 rings (SSSR count). The third-order valence-electron chi connectivity index (χ3n) is 2.69. The van der Waals surface area contributed by atoms with Crippen molar-refractivity contribution in [3.05, 3.63) is 28.8 Å². The number of aliphatic hydroxyl groups is 2. The number of primary sulfonamides is 1. The van der Waals surface area contributed by atoms with Gasteiger partial charge in [-0.15, -0.1) is 0 Å². The number of aliphatic hydroxyl groups excluding tert-OH is 2. The highest BCUT2D eigenvalue weighted by Crippen LogP contribution is 2.27. The van der Waals surface area contributed by atoms with Crippen LogP contribution in [0.1, 0.15) is 25.0 Å². The quantitative estimate of drug-likeness (QED) is 0.703. The van der Waals surface area contributed by atoms with E-state index in [9.17, 15) is 23.4 Å². The number of carbonyl (C=O) groups excluding carboxylic acids is 1. The SMILES string of the molecule is CC(=O)SCCC(O)C(O)c1ccc(S(N)(=O)=O)c(Cl)c1. The van der Waals surface area contributed by atoms with E-state index in [1.54, 1.807) is 0 Å². The predicted octanol–water partition coefficient (Wildman–Crippen LogP) is 1.05. The summed E-state index contributed by atoms with van der Waals surface area (Å²) >= 11 is 6.86. The summed E-state index contributed by atoms with van der Waals surface area (Å²) in [7, 11) is -3.94. The second-order valence-electron chi connectivity index (χ2n) is 4.38. The molecular weight excluding hydrogens is 338 g/mol. The summed E-state index contributed by atoms with van der Waals surface area (Å²) in [5.74, 6) is 0.372. The zero-order valence-electron chi connectivity index (χ0n) is 11.2. The molecule has 0 aliphatic carbocycles. The molecule has 4 N–H and O–H groups in total. The maximum Gasteiger partial charge on any atom is 0.239 e.